The fourth-order valence-electron chi connectivity index (χ4n) is 2.48. The van der Waals surface area contributed by atoms with Gasteiger partial charge in [0, 0.05) is 23.6 Å². The average Bonchev–Trinajstić information content (AvgIpc) is 2.96. The summed E-state index contributed by atoms with van der Waals surface area (Å²) in [5.74, 6) is -1.03. The lowest BCUT2D eigenvalue weighted by Gasteiger charge is -2.05. The van der Waals surface area contributed by atoms with Crippen molar-refractivity contribution < 1.29 is 14.7 Å². The van der Waals surface area contributed by atoms with Crippen molar-refractivity contribution in [1.29, 1.82) is 0 Å². The van der Waals surface area contributed by atoms with Gasteiger partial charge in [-0.25, -0.2) is 4.79 Å². The largest absolute Gasteiger partial charge is 0.478 e. The molecule has 1 heterocycles. The fourth-order valence-corrected chi connectivity index (χ4v) is 2.48. The number of hydrogen-bond acceptors (Lipinski definition) is 2. The number of hydrogen-bond donors (Lipinski definition) is 3. The van der Waals surface area contributed by atoms with Crippen LogP contribution in [0, 0.1) is 0 Å². The second kappa shape index (κ2) is 6.36. The van der Waals surface area contributed by atoms with Crippen LogP contribution in [-0.2, 0) is 17.8 Å². The first-order valence-corrected chi connectivity index (χ1v) is 7.27. The lowest BCUT2D eigenvalue weighted by molar-refractivity contribution is -0.120. The molecule has 0 saturated heterocycles. The third-order valence-corrected chi connectivity index (χ3v) is 3.72. The monoisotopic (exact) mass is 308 g/mol. The van der Waals surface area contributed by atoms with Crippen LogP contribution in [0.15, 0.2) is 54.7 Å². The van der Waals surface area contributed by atoms with Crippen LogP contribution in [0.5, 0.6) is 0 Å². The molecular weight excluding hydrogens is 292 g/mol. The Bertz CT molecular complexity index is 850. The second-order valence-electron chi connectivity index (χ2n) is 5.32. The number of carbonyl (C=O) groups is 2. The number of aromatic amines is 1. The number of amides is 1. The van der Waals surface area contributed by atoms with Gasteiger partial charge in [-0.3, -0.25) is 4.79 Å². The molecule has 0 spiro atoms. The molecular formula is C18H16N2O3. The number of carboxylic acid groups (broad SMARTS) is 1. The SMILES string of the molecule is O=C(Cc1c[nH]c2ccccc12)NCc1ccc(C(=O)O)cc1. The minimum absolute atomic E-state index is 0.0722. The molecule has 0 radical (unpaired) electrons. The highest BCUT2D eigenvalue weighted by molar-refractivity contribution is 5.89. The van der Waals surface area contributed by atoms with Crippen molar-refractivity contribution in [3.05, 3.63) is 71.4 Å². The zero-order valence-corrected chi connectivity index (χ0v) is 12.4. The normalized spacial score (nSPS) is 10.6. The third kappa shape index (κ3) is 3.40. The van der Waals surface area contributed by atoms with Gasteiger partial charge in [0.05, 0.1) is 12.0 Å². The highest BCUT2D eigenvalue weighted by atomic mass is 16.4. The van der Waals surface area contributed by atoms with Crippen LogP contribution < -0.4 is 5.32 Å². The van der Waals surface area contributed by atoms with Crippen molar-refractivity contribution in [3.8, 4) is 0 Å². The molecule has 0 unspecified atom stereocenters. The van der Waals surface area contributed by atoms with E-state index < -0.39 is 5.97 Å². The summed E-state index contributed by atoms with van der Waals surface area (Å²) in [7, 11) is 0. The standard InChI is InChI=1S/C18H16N2O3/c21-17(9-14-11-19-16-4-2-1-3-15(14)16)20-10-12-5-7-13(8-6-12)18(22)23/h1-8,11,19H,9-10H2,(H,20,21)(H,22,23). The quantitative estimate of drug-likeness (QED) is 0.678. The number of carbonyl (C=O) groups excluding carboxylic acids is 1. The maximum atomic E-state index is 12.1. The fraction of sp³-hybridized carbons (Fsp3) is 0.111. The number of fused-ring (bicyclic) bond motifs is 1. The van der Waals surface area contributed by atoms with Gasteiger partial charge in [0.1, 0.15) is 0 Å². The predicted molar refractivity (Wildman–Crippen MR) is 87.3 cm³/mol. The highest BCUT2D eigenvalue weighted by Crippen LogP contribution is 2.18. The first-order chi connectivity index (χ1) is 11.1. The lowest BCUT2D eigenvalue weighted by Crippen LogP contribution is -2.24. The molecule has 3 rings (SSSR count). The molecule has 5 nitrogen and oxygen atoms in total. The van der Waals surface area contributed by atoms with Gasteiger partial charge in [-0.1, -0.05) is 30.3 Å². The van der Waals surface area contributed by atoms with Crippen LogP contribution in [0.4, 0.5) is 0 Å². The van der Waals surface area contributed by atoms with E-state index >= 15 is 0 Å². The summed E-state index contributed by atoms with van der Waals surface area (Å²) in [4.78, 5) is 26.0. The topological polar surface area (TPSA) is 82.2 Å². The molecule has 0 aliphatic rings. The van der Waals surface area contributed by atoms with Gasteiger partial charge in [0.15, 0.2) is 0 Å². The Morgan fingerprint density at radius 1 is 1.04 bits per heavy atom. The molecule has 23 heavy (non-hydrogen) atoms. The number of para-hydroxylation sites is 1. The predicted octanol–water partition coefficient (Wildman–Crippen LogP) is 2.73. The van der Waals surface area contributed by atoms with E-state index in [9.17, 15) is 9.59 Å². The molecule has 5 heteroatoms. The van der Waals surface area contributed by atoms with Gasteiger partial charge < -0.3 is 15.4 Å². The summed E-state index contributed by atoms with van der Waals surface area (Å²) in [6.45, 7) is 0.376. The molecule has 0 aliphatic heterocycles. The number of aromatic carboxylic acids is 1. The summed E-state index contributed by atoms with van der Waals surface area (Å²) in [6, 6.07) is 14.3. The van der Waals surface area contributed by atoms with Gasteiger partial charge in [-0.05, 0) is 29.3 Å². The Morgan fingerprint density at radius 3 is 2.52 bits per heavy atom. The van der Waals surface area contributed by atoms with Crippen molar-refractivity contribution in [3.63, 3.8) is 0 Å². The van der Waals surface area contributed by atoms with Crippen molar-refractivity contribution >= 4 is 22.8 Å². The Hall–Kier alpha value is -3.08. The lowest BCUT2D eigenvalue weighted by atomic mass is 10.1. The van der Waals surface area contributed by atoms with Gasteiger partial charge in [-0.2, -0.15) is 0 Å². The van der Waals surface area contributed by atoms with Crippen LogP contribution in [0.25, 0.3) is 10.9 Å². The van der Waals surface area contributed by atoms with Crippen molar-refractivity contribution in [2.75, 3.05) is 0 Å². The van der Waals surface area contributed by atoms with Crippen molar-refractivity contribution in [2.24, 2.45) is 0 Å². The van der Waals surface area contributed by atoms with Crippen LogP contribution in [0.1, 0.15) is 21.5 Å². The molecule has 2 aromatic carbocycles. The minimum atomic E-state index is -0.958. The maximum absolute atomic E-state index is 12.1. The molecule has 116 valence electrons. The Balaban J connectivity index is 1.60. The number of aromatic nitrogens is 1. The Kier molecular flexibility index (Phi) is 4.10. The number of carboxylic acids is 1. The van der Waals surface area contributed by atoms with E-state index in [1.165, 1.54) is 12.1 Å². The van der Waals surface area contributed by atoms with Gasteiger partial charge in [-0.15, -0.1) is 0 Å². The third-order valence-electron chi connectivity index (χ3n) is 3.72. The van der Waals surface area contributed by atoms with Crippen LogP contribution in [0.3, 0.4) is 0 Å². The van der Waals surface area contributed by atoms with E-state index in [1.54, 1.807) is 12.1 Å². The zero-order valence-electron chi connectivity index (χ0n) is 12.4. The molecule has 3 N–H and O–H groups in total. The first kappa shape index (κ1) is 14.8. The molecule has 0 bridgehead atoms. The van der Waals surface area contributed by atoms with Gasteiger partial charge in [0.25, 0.3) is 0 Å². The van der Waals surface area contributed by atoms with E-state index in [4.69, 9.17) is 5.11 Å². The average molecular weight is 308 g/mol. The van der Waals surface area contributed by atoms with E-state index in [0.29, 0.717) is 13.0 Å². The van der Waals surface area contributed by atoms with Crippen LogP contribution in [-0.4, -0.2) is 22.0 Å². The Labute approximate surface area is 133 Å². The number of nitrogens with one attached hydrogen (secondary N) is 2. The van der Waals surface area contributed by atoms with Crippen molar-refractivity contribution in [1.82, 2.24) is 10.3 Å². The van der Waals surface area contributed by atoms with Crippen LogP contribution in [0.2, 0.25) is 0 Å². The molecule has 0 atom stereocenters. The van der Waals surface area contributed by atoms with Crippen molar-refractivity contribution in [2.45, 2.75) is 13.0 Å². The number of benzene rings is 2. The van der Waals surface area contributed by atoms with Gasteiger partial charge in [0.2, 0.25) is 5.91 Å². The summed E-state index contributed by atoms with van der Waals surface area (Å²) in [6.07, 6.45) is 2.16. The van der Waals surface area contributed by atoms with Crippen LogP contribution >= 0.6 is 0 Å². The van der Waals surface area contributed by atoms with Gasteiger partial charge >= 0.3 is 5.97 Å². The Morgan fingerprint density at radius 2 is 1.78 bits per heavy atom. The smallest absolute Gasteiger partial charge is 0.335 e. The summed E-state index contributed by atoms with van der Waals surface area (Å²) in [5, 5.41) is 12.8. The van der Waals surface area contributed by atoms with E-state index in [0.717, 1.165) is 22.0 Å². The van der Waals surface area contributed by atoms with E-state index in [2.05, 4.69) is 10.3 Å². The number of rotatable bonds is 5. The highest BCUT2D eigenvalue weighted by Gasteiger charge is 2.08. The zero-order chi connectivity index (χ0) is 16.2. The minimum Gasteiger partial charge on any atom is -0.478 e. The molecule has 0 fully saturated rings. The van der Waals surface area contributed by atoms with E-state index in [1.807, 2.05) is 30.5 Å². The summed E-state index contributed by atoms with van der Waals surface area (Å²) in [5.41, 5.74) is 3.07. The first-order valence-electron chi connectivity index (χ1n) is 7.27. The molecule has 0 aliphatic carbocycles. The maximum Gasteiger partial charge on any atom is 0.335 e. The number of H-pyrrole nitrogens is 1. The molecule has 1 amide bonds. The molecule has 3 aromatic rings. The molecule has 0 saturated carbocycles. The second-order valence-corrected chi connectivity index (χ2v) is 5.32. The molecule has 1 aromatic heterocycles. The summed E-state index contributed by atoms with van der Waals surface area (Å²) >= 11 is 0. The summed E-state index contributed by atoms with van der Waals surface area (Å²) < 4.78 is 0. The van der Waals surface area contributed by atoms with E-state index in [-0.39, 0.29) is 11.5 Å².